The zero-order chi connectivity index (χ0) is 14.4. The van der Waals surface area contributed by atoms with Gasteiger partial charge in [0.15, 0.2) is 0 Å². The highest BCUT2D eigenvalue weighted by Crippen LogP contribution is 2.22. The summed E-state index contributed by atoms with van der Waals surface area (Å²) in [4.78, 5) is 4.11. The molecule has 1 unspecified atom stereocenters. The molecule has 20 heavy (non-hydrogen) atoms. The van der Waals surface area contributed by atoms with Gasteiger partial charge in [0, 0.05) is 11.8 Å². The van der Waals surface area contributed by atoms with Crippen LogP contribution < -0.4 is 4.74 Å². The highest BCUT2D eigenvalue weighted by Gasteiger charge is 2.09. The van der Waals surface area contributed by atoms with Gasteiger partial charge >= 0.3 is 0 Å². The van der Waals surface area contributed by atoms with E-state index in [1.54, 1.807) is 12.4 Å². The number of pyridine rings is 1. The van der Waals surface area contributed by atoms with Crippen LogP contribution in [0.5, 0.6) is 5.75 Å². The summed E-state index contributed by atoms with van der Waals surface area (Å²) in [5, 5.41) is 10.2. The fourth-order valence-corrected chi connectivity index (χ4v) is 2.20. The summed E-state index contributed by atoms with van der Waals surface area (Å²) >= 11 is 0. The quantitative estimate of drug-likeness (QED) is 0.875. The molecule has 1 heterocycles. The van der Waals surface area contributed by atoms with E-state index in [0.717, 1.165) is 12.0 Å². The number of nitrogens with zero attached hydrogens (tertiary/aromatic N) is 1. The maximum atomic E-state index is 10.2. The molecule has 0 aliphatic heterocycles. The molecule has 0 amide bonds. The van der Waals surface area contributed by atoms with E-state index in [0.29, 0.717) is 18.8 Å². The Labute approximate surface area is 120 Å². The van der Waals surface area contributed by atoms with Crippen LogP contribution in [0.1, 0.15) is 36.1 Å². The molecule has 0 spiro atoms. The number of hydrogen-bond donors (Lipinski definition) is 1. The van der Waals surface area contributed by atoms with E-state index in [1.165, 1.54) is 11.1 Å². The average Bonchev–Trinajstić information content (AvgIpc) is 2.45. The van der Waals surface area contributed by atoms with Gasteiger partial charge < -0.3 is 9.84 Å². The standard InChI is InChI=1S/C17H21NO2/c1-3-20-16-10-15(11-18-12-16)17(19)8-7-14-6-4-5-13(2)9-14/h4-6,9-12,17,19H,3,7-8H2,1-2H3. The van der Waals surface area contributed by atoms with Gasteiger partial charge in [0.05, 0.1) is 18.9 Å². The zero-order valence-electron chi connectivity index (χ0n) is 12.0. The first-order valence-electron chi connectivity index (χ1n) is 7.00. The first kappa shape index (κ1) is 14.5. The van der Waals surface area contributed by atoms with E-state index < -0.39 is 6.10 Å². The lowest BCUT2D eigenvalue weighted by Crippen LogP contribution is -2.02. The third kappa shape index (κ3) is 4.07. The number of aliphatic hydroxyl groups is 1. The van der Waals surface area contributed by atoms with Crippen molar-refractivity contribution in [3.63, 3.8) is 0 Å². The van der Waals surface area contributed by atoms with Crippen molar-refractivity contribution in [2.75, 3.05) is 6.61 Å². The molecule has 0 fully saturated rings. The average molecular weight is 271 g/mol. The van der Waals surface area contributed by atoms with Crippen LogP contribution in [0.4, 0.5) is 0 Å². The predicted octanol–water partition coefficient (Wildman–Crippen LogP) is 3.45. The van der Waals surface area contributed by atoms with Gasteiger partial charge in [-0.05, 0) is 38.3 Å². The van der Waals surface area contributed by atoms with Gasteiger partial charge in [-0.15, -0.1) is 0 Å². The number of aryl methyl sites for hydroxylation is 2. The van der Waals surface area contributed by atoms with Crippen molar-refractivity contribution in [2.24, 2.45) is 0 Å². The van der Waals surface area contributed by atoms with Crippen LogP contribution in [0.2, 0.25) is 0 Å². The van der Waals surface area contributed by atoms with Crippen LogP contribution in [-0.4, -0.2) is 16.7 Å². The summed E-state index contributed by atoms with van der Waals surface area (Å²) in [6.07, 6.45) is 4.38. The van der Waals surface area contributed by atoms with E-state index in [2.05, 4.69) is 30.1 Å². The lowest BCUT2D eigenvalue weighted by atomic mass is 10.0. The second-order valence-electron chi connectivity index (χ2n) is 4.93. The van der Waals surface area contributed by atoms with E-state index in [1.807, 2.05) is 19.1 Å². The Morgan fingerprint density at radius 3 is 2.85 bits per heavy atom. The highest BCUT2D eigenvalue weighted by molar-refractivity contribution is 5.26. The van der Waals surface area contributed by atoms with Gasteiger partial charge in [-0.2, -0.15) is 0 Å². The molecule has 0 radical (unpaired) electrons. The van der Waals surface area contributed by atoms with Crippen LogP contribution >= 0.6 is 0 Å². The van der Waals surface area contributed by atoms with Crippen LogP contribution in [0.25, 0.3) is 0 Å². The Morgan fingerprint density at radius 1 is 1.25 bits per heavy atom. The third-order valence-corrected chi connectivity index (χ3v) is 3.22. The van der Waals surface area contributed by atoms with E-state index in [-0.39, 0.29) is 0 Å². The van der Waals surface area contributed by atoms with E-state index >= 15 is 0 Å². The normalized spacial score (nSPS) is 12.2. The Bertz CT molecular complexity index is 554. The molecular formula is C17H21NO2. The molecule has 1 N–H and O–H groups in total. The number of aliphatic hydroxyl groups excluding tert-OH is 1. The number of aromatic nitrogens is 1. The second kappa shape index (κ2) is 7.06. The molecule has 1 aromatic carbocycles. The molecule has 0 saturated carbocycles. The topological polar surface area (TPSA) is 42.4 Å². The monoisotopic (exact) mass is 271 g/mol. The largest absolute Gasteiger partial charge is 0.492 e. The van der Waals surface area contributed by atoms with Crippen molar-refractivity contribution in [1.82, 2.24) is 4.98 Å². The SMILES string of the molecule is CCOc1cncc(C(O)CCc2cccc(C)c2)c1. The van der Waals surface area contributed by atoms with E-state index in [9.17, 15) is 5.11 Å². The minimum Gasteiger partial charge on any atom is -0.492 e. The molecule has 106 valence electrons. The molecule has 2 aromatic rings. The highest BCUT2D eigenvalue weighted by atomic mass is 16.5. The summed E-state index contributed by atoms with van der Waals surface area (Å²) < 4.78 is 5.40. The lowest BCUT2D eigenvalue weighted by molar-refractivity contribution is 0.167. The maximum Gasteiger partial charge on any atom is 0.137 e. The molecule has 3 heteroatoms. The van der Waals surface area contributed by atoms with Crippen molar-refractivity contribution in [3.05, 3.63) is 59.4 Å². The fourth-order valence-electron chi connectivity index (χ4n) is 2.20. The van der Waals surface area contributed by atoms with Gasteiger partial charge in [-0.1, -0.05) is 29.8 Å². The summed E-state index contributed by atoms with van der Waals surface area (Å²) in [6.45, 7) is 4.61. The van der Waals surface area contributed by atoms with Crippen molar-refractivity contribution < 1.29 is 9.84 Å². The van der Waals surface area contributed by atoms with Gasteiger partial charge in [-0.25, -0.2) is 0 Å². The molecule has 0 bridgehead atoms. The number of benzene rings is 1. The molecule has 0 aliphatic rings. The minimum absolute atomic E-state index is 0.511. The Hall–Kier alpha value is -1.87. The minimum atomic E-state index is -0.511. The number of ether oxygens (including phenoxy) is 1. The molecule has 1 atom stereocenters. The Kier molecular flexibility index (Phi) is 5.13. The Balaban J connectivity index is 1.97. The predicted molar refractivity (Wildman–Crippen MR) is 79.9 cm³/mol. The van der Waals surface area contributed by atoms with Gasteiger partial charge in [0.1, 0.15) is 5.75 Å². The second-order valence-corrected chi connectivity index (χ2v) is 4.93. The maximum absolute atomic E-state index is 10.2. The number of rotatable bonds is 6. The van der Waals surface area contributed by atoms with Gasteiger partial charge in [0.2, 0.25) is 0 Å². The molecule has 3 nitrogen and oxygen atoms in total. The zero-order valence-corrected chi connectivity index (χ0v) is 12.0. The molecular weight excluding hydrogens is 250 g/mol. The molecule has 1 aromatic heterocycles. The molecule has 0 aliphatic carbocycles. The summed E-state index contributed by atoms with van der Waals surface area (Å²) in [5.74, 6) is 0.708. The fraction of sp³-hybridized carbons (Fsp3) is 0.353. The molecule has 0 saturated heterocycles. The molecule has 2 rings (SSSR count). The number of hydrogen-bond acceptors (Lipinski definition) is 3. The first-order chi connectivity index (χ1) is 9.69. The third-order valence-electron chi connectivity index (χ3n) is 3.22. The van der Waals surface area contributed by atoms with Crippen molar-refractivity contribution in [3.8, 4) is 5.75 Å². The van der Waals surface area contributed by atoms with Crippen molar-refractivity contribution in [1.29, 1.82) is 0 Å². The van der Waals surface area contributed by atoms with Crippen molar-refractivity contribution >= 4 is 0 Å². The summed E-state index contributed by atoms with van der Waals surface area (Å²) in [7, 11) is 0. The Morgan fingerprint density at radius 2 is 2.10 bits per heavy atom. The summed E-state index contributed by atoms with van der Waals surface area (Å²) in [5.41, 5.74) is 3.30. The van der Waals surface area contributed by atoms with Gasteiger partial charge in [0.25, 0.3) is 0 Å². The van der Waals surface area contributed by atoms with Crippen LogP contribution in [-0.2, 0) is 6.42 Å². The first-order valence-corrected chi connectivity index (χ1v) is 7.00. The van der Waals surface area contributed by atoms with Crippen LogP contribution in [0, 0.1) is 6.92 Å². The summed E-state index contributed by atoms with van der Waals surface area (Å²) in [6, 6.07) is 10.2. The lowest BCUT2D eigenvalue weighted by Gasteiger charge is -2.12. The van der Waals surface area contributed by atoms with Crippen LogP contribution in [0.3, 0.4) is 0 Å². The van der Waals surface area contributed by atoms with Crippen LogP contribution in [0.15, 0.2) is 42.7 Å². The van der Waals surface area contributed by atoms with E-state index in [4.69, 9.17) is 4.74 Å². The van der Waals surface area contributed by atoms with Crippen molar-refractivity contribution in [2.45, 2.75) is 32.8 Å². The smallest absolute Gasteiger partial charge is 0.137 e. The van der Waals surface area contributed by atoms with Gasteiger partial charge in [-0.3, -0.25) is 4.98 Å².